The molecule has 0 radical (unpaired) electrons. The Balaban J connectivity index is 1.74. The lowest BCUT2D eigenvalue weighted by atomic mass is 9.65. The van der Waals surface area contributed by atoms with Gasteiger partial charge in [0.25, 0.3) is 0 Å². The molecule has 2 aliphatic carbocycles. The van der Waals surface area contributed by atoms with Gasteiger partial charge in [-0.3, -0.25) is 4.79 Å². The molecule has 2 saturated carbocycles. The van der Waals surface area contributed by atoms with Crippen molar-refractivity contribution in [1.82, 2.24) is 10.2 Å². The van der Waals surface area contributed by atoms with Gasteiger partial charge in [0.15, 0.2) is 0 Å². The predicted molar refractivity (Wildman–Crippen MR) is 81.5 cm³/mol. The Labute approximate surface area is 123 Å². The molecular weight excluding hydrogens is 248 g/mol. The number of carbonyl (C=O) groups is 1. The summed E-state index contributed by atoms with van der Waals surface area (Å²) in [6.07, 6.45) is 12.3. The number of hydrogen-bond acceptors (Lipinski definition) is 2. The Morgan fingerprint density at radius 3 is 2.65 bits per heavy atom. The number of carbonyl (C=O) groups excluding carboxylic acids is 1. The van der Waals surface area contributed by atoms with Crippen molar-refractivity contribution < 1.29 is 4.79 Å². The van der Waals surface area contributed by atoms with E-state index in [2.05, 4.69) is 12.2 Å². The third-order valence-corrected chi connectivity index (χ3v) is 6.40. The molecular formula is C17H30N2O. The van der Waals surface area contributed by atoms with Gasteiger partial charge in [-0.25, -0.2) is 0 Å². The number of nitrogens with one attached hydrogen (secondary N) is 1. The third-order valence-electron chi connectivity index (χ3n) is 6.40. The number of rotatable bonds is 1. The van der Waals surface area contributed by atoms with Crippen LogP contribution in [0.5, 0.6) is 0 Å². The Morgan fingerprint density at radius 1 is 1.15 bits per heavy atom. The van der Waals surface area contributed by atoms with Crippen LogP contribution in [-0.4, -0.2) is 36.5 Å². The SMILES string of the molecule is CN1C(=O)CNC2CC(C)(C3CCCCC3)CCCC21. The van der Waals surface area contributed by atoms with Gasteiger partial charge in [-0.05, 0) is 43.4 Å². The van der Waals surface area contributed by atoms with E-state index >= 15 is 0 Å². The molecule has 1 amide bonds. The van der Waals surface area contributed by atoms with Gasteiger partial charge in [0.05, 0.1) is 6.54 Å². The molecule has 20 heavy (non-hydrogen) atoms. The molecule has 114 valence electrons. The van der Waals surface area contributed by atoms with E-state index < -0.39 is 0 Å². The Bertz CT molecular complexity index is 364. The van der Waals surface area contributed by atoms with Crippen molar-refractivity contribution in [1.29, 1.82) is 0 Å². The maximum absolute atomic E-state index is 11.9. The molecule has 3 heteroatoms. The zero-order valence-corrected chi connectivity index (χ0v) is 13.2. The van der Waals surface area contributed by atoms with Crippen LogP contribution in [0.4, 0.5) is 0 Å². The van der Waals surface area contributed by atoms with Crippen molar-refractivity contribution in [2.24, 2.45) is 11.3 Å². The van der Waals surface area contributed by atoms with Crippen molar-refractivity contribution in [2.75, 3.05) is 13.6 Å². The van der Waals surface area contributed by atoms with Crippen LogP contribution in [0.15, 0.2) is 0 Å². The van der Waals surface area contributed by atoms with E-state index in [1.807, 2.05) is 11.9 Å². The Kier molecular flexibility index (Phi) is 4.07. The van der Waals surface area contributed by atoms with Crippen LogP contribution in [0.3, 0.4) is 0 Å². The van der Waals surface area contributed by atoms with Crippen LogP contribution in [0.25, 0.3) is 0 Å². The topological polar surface area (TPSA) is 32.3 Å². The molecule has 3 rings (SSSR count). The summed E-state index contributed by atoms with van der Waals surface area (Å²) in [6.45, 7) is 3.07. The van der Waals surface area contributed by atoms with Crippen LogP contribution in [0.2, 0.25) is 0 Å². The fourth-order valence-electron chi connectivity index (χ4n) is 5.03. The minimum atomic E-state index is 0.271. The quantitative estimate of drug-likeness (QED) is 0.800. The summed E-state index contributed by atoms with van der Waals surface area (Å²) in [5.74, 6) is 1.19. The third kappa shape index (κ3) is 2.61. The summed E-state index contributed by atoms with van der Waals surface area (Å²) in [7, 11) is 2.00. The zero-order chi connectivity index (χ0) is 14.2. The molecule has 3 nitrogen and oxygen atoms in total. The molecule has 1 N–H and O–H groups in total. The fraction of sp³-hybridized carbons (Fsp3) is 0.941. The van der Waals surface area contributed by atoms with Gasteiger partial charge in [-0.1, -0.05) is 32.6 Å². The van der Waals surface area contributed by atoms with Crippen molar-refractivity contribution >= 4 is 5.91 Å². The van der Waals surface area contributed by atoms with Crippen molar-refractivity contribution in [3.8, 4) is 0 Å². The second-order valence-corrected chi connectivity index (χ2v) is 7.64. The molecule has 0 aromatic heterocycles. The van der Waals surface area contributed by atoms with E-state index in [0.717, 1.165) is 5.92 Å². The molecule has 3 atom stereocenters. The molecule has 3 unspecified atom stereocenters. The highest BCUT2D eigenvalue weighted by atomic mass is 16.2. The minimum Gasteiger partial charge on any atom is -0.340 e. The van der Waals surface area contributed by atoms with Gasteiger partial charge >= 0.3 is 0 Å². The van der Waals surface area contributed by atoms with Crippen LogP contribution >= 0.6 is 0 Å². The highest BCUT2D eigenvalue weighted by Crippen LogP contribution is 2.47. The van der Waals surface area contributed by atoms with Gasteiger partial charge in [-0.15, -0.1) is 0 Å². The summed E-state index contributed by atoms with van der Waals surface area (Å²) < 4.78 is 0. The summed E-state index contributed by atoms with van der Waals surface area (Å²) in [6, 6.07) is 0.953. The number of hydrogen-bond donors (Lipinski definition) is 1. The van der Waals surface area contributed by atoms with E-state index in [1.54, 1.807) is 0 Å². The first kappa shape index (κ1) is 14.4. The molecule has 0 spiro atoms. The number of amides is 1. The minimum absolute atomic E-state index is 0.271. The lowest BCUT2D eigenvalue weighted by Crippen LogP contribution is -2.59. The van der Waals surface area contributed by atoms with E-state index in [4.69, 9.17) is 0 Å². The van der Waals surface area contributed by atoms with E-state index in [9.17, 15) is 4.79 Å². The van der Waals surface area contributed by atoms with Crippen molar-refractivity contribution in [3.05, 3.63) is 0 Å². The van der Waals surface area contributed by atoms with Gasteiger partial charge in [-0.2, -0.15) is 0 Å². The monoisotopic (exact) mass is 278 g/mol. The standard InChI is InChI=1S/C17H30N2O/c1-17(13-7-4-3-5-8-13)10-6-9-15-14(11-17)18-12-16(20)19(15)2/h13-15,18H,3-12H2,1-2H3. The number of nitrogens with zero attached hydrogens (tertiary/aromatic N) is 1. The summed E-state index contributed by atoms with van der Waals surface area (Å²) in [5, 5.41) is 3.54. The molecule has 3 fully saturated rings. The van der Waals surface area contributed by atoms with Crippen LogP contribution in [0.1, 0.15) is 64.7 Å². The van der Waals surface area contributed by atoms with Gasteiger partial charge in [0.1, 0.15) is 0 Å². The summed E-state index contributed by atoms with van der Waals surface area (Å²) in [4.78, 5) is 13.9. The largest absolute Gasteiger partial charge is 0.340 e. The number of piperazine rings is 1. The lowest BCUT2D eigenvalue weighted by molar-refractivity contribution is -0.135. The molecule has 0 bridgehead atoms. The lowest BCUT2D eigenvalue weighted by Gasteiger charge is -2.44. The maximum Gasteiger partial charge on any atom is 0.236 e. The molecule has 1 aliphatic heterocycles. The van der Waals surface area contributed by atoms with E-state index in [-0.39, 0.29) is 5.91 Å². The molecule has 0 aromatic carbocycles. The normalized spacial score (nSPS) is 40.3. The van der Waals surface area contributed by atoms with E-state index in [0.29, 0.717) is 24.0 Å². The average Bonchev–Trinajstić information content (AvgIpc) is 2.64. The molecule has 1 heterocycles. The highest BCUT2D eigenvalue weighted by Gasteiger charge is 2.43. The van der Waals surface area contributed by atoms with Gasteiger partial charge < -0.3 is 10.2 Å². The Morgan fingerprint density at radius 2 is 1.90 bits per heavy atom. The number of likely N-dealkylation sites (N-methyl/N-ethyl adjacent to an activating group) is 1. The predicted octanol–water partition coefficient (Wildman–Crippen LogP) is 2.95. The first-order valence-electron chi connectivity index (χ1n) is 8.59. The maximum atomic E-state index is 11.9. The van der Waals surface area contributed by atoms with Crippen molar-refractivity contribution in [3.63, 3.8) is 0 Å². The second kappa shape index (κ2) is 5.67. The summed E-state index contributed by atoms with van der Waals surface area (Å²) >= 11 is 0. The average molecular weight is 278 g/mol. The second-order valence-electron chi connectivity index (χ2n) is 7.64. The number of fused-ring (bicyclic) bond motifs is 1. The van der Waals surface area contributed by atoms with E-state index in [1.165, 1.54) is 57.8 Å². The highest BCUT2D eigenvalue weighted by molar-refractivity contribution is 5.79. The van der Waals surface area contributed by atoms with Crippen molar-refractivity contribution in [2.45, 2.75) is 76.8 Å². The summed E-state index contributed by atoms with van der Waals surface area (Å²) in [5.41, 5.74) is 0.494. The molecule has 3 aliphatic rings. The van der Waals surface area contributed by atoms with Crippen LogP contribution < -0.4 is 5.32 Å². The smallest absolute Gasteiger partial charge is 0.236 e. The molecule has 1 saturated heterocycles. The first-order chi connectivity index (χ1) is 9.60. The first-order valence-corrected chi connectivity index (χ1v) is 8.59. The molecule has 0 aromatic rings. The van der Waals surface area contributed by atoms with Gasteiger partial charge in [0.2, 0.25) is 5.91 Å². The van der Waals surface area contributed by atoms with Crippen LogP contribution in [-0.2, 0) is 4.79 Å². The van der Waals surface area contributed by atoms with Crippen LogP contribution in [0, 0.1) is 11.3 Å². The van der Waals surface area contributed by atoms with Gasteiger partial charge in [0, 0.05) is 19.1 Å². The zero-order valence-electron chi connectivity index (χ0n) is 13.2. The fourth-order valence-corrected chi connectivity index (χ4v) is 5.03. The Hall–Kier alpha value is -0.570.